The van der Waals surface area contributed by atoms with Crippen LogP contribution in [-0.4, -0.2) is 33.3 Å². The molecule has 0 aliphatic heterocycles. The van der Waals surface area contributed by atoms with Gasteiger partial charge in [-0.1, -0.05) is 37.3 Å². The molecule has 0 radical (unpaired) electrons. The summed E-state index contributed by atoms with van der Waals surface area (Å²) in [6.07, 6.45) is 0.874. The van der Waals surface area contributed by atoms with Gasteiger partial charge in [0.2, 0.25) is 11.9 Å². The fourth-order valence-corrected chi connectivity index (χ4v) is 3.69. The van der Waals surface area contributed by atoms with Gasteiger partial charge in [0, 0.05) is 13.5 Å². The summed E-state index contributed by atoms with van der Waals surface area (Å²) in [5.41, 5.74) is 2.23. The fraction of sp³-hybridized carbons (Fsp3) is 0.368. The van der Waals surface area contributed by atoms with Crippen molar-refractivity contribution in [1.82, 2.24) is 15.0 Å². The van der Waals surface area contributed by atoms with E-state index < -0.39 is 0 Å². The van der Waals surface area contributed by atoms with Gasteiger partial charge in [0.1, 0.15) is 4.88 Å². The van der Waals surface area contributed by atoms with E-state index in [0.29, 0.717) is 34.1 Å². The maximum absolute atomic E-state index is 12.7. The minimum absolute atomic E-state index is 0.0753. The van der Waals surface area contributed by atoms with Crippen molar-refractivity contribution in [3.8, 4) is 0 Å². The van der Waals surface area contributed by atoms with Crippen LogP contribution in [0.15, 0.2) is 24.3 Å². The zero-order chi connectivity index (χ0) is 19.6. The monoisotopic (exact) mass is 385 g/mol. The normalized spacial score (nSPS) is 11.1. The molecule has 2 heterocycles. The van der Waals surface area contributed by atoms with E-state index >= 15 is 0 Å². The van der Waals surface area contributed by atoms with E-state index in [2.05, 4.69) is 34.1 Å². The Morgan fingerprint density at radius 2 is 2.00 bits per heavy atom. The Bertz CT molecular complexity index is 943. The van der Waals surface area contributed by atoms with E-state index in [1.807, 2.05) is 24.3 Å². The standard InChI is InChI=1S/C19H23N5O2S/c1-11(2)9-10-24(13(4)25)19-20-12(3)16(27-19)17(26)23-18-21-14-7-5-6-8-15(14)22-18/h5-8,11H,9-10H2,1-4H3,(H2,21,22,23,26). The van der Waals surface area contributed by atoms with Crippen molar-refractivity contribution in [1.29, 1.82) is 0 Å². The third-order valence-electron chi connectivity index (χ3n) is 4.15. The molecule has 2 amide bonds. The third-order valence-corrected chi connectivity index (χ3v) is 5.33. The molecule has 142 valence electrons. The number of nitrogens with one attached hydrogen (secondary N) is 2. The Labute approximate surface area is 161 Å². The number of benzene rings is 1. The maximum atomic E-state index is 12.7. The number of para-hydroxylation sites is 2. The SMILES string of the molecule is CC(=O)N(CCC(C)C)c1nc(C)c(C(=O)Nc2nc3ccccc3[nH]2)s1. The van der Waals surface area contributed by atoms with Crippen molar-refractivity contribution in [2.45, 2.75) is 34.1 Å². The number of aromatic amines is 1. The Morgan fingerprint density at radius 1 is 1.26 bits per heavy atom. The van der Waals surface area contributed by atoms with E-state index in [1.54, 1.807) is 11.8 Å². The van der Waals surface area contributed by atoms with Crippen LogP contribution in [0, 0.1) is 12.8 Å². The minimum atomic E-state index is -0.289. The molecule has 3 aromatic rings. The molecule has 0 saturated heterocycles. The van der Waals surface area contributed by atoms with E-state index in [4.69, 9.17) is 0 Å². The molecule has 0 saturated carbocycles. The van der Waals surface area contributed by atoms with Crippen LogP contribution in [0.1, 0.15) is 42.6 Å². The molecule has 3 rings (SSSR count). The minimum Gasteiger partial charge on any atom is -0.324 e. The lowest BCUT2D eigenvalue weighted by Crippen LogP contribution is -2.30. The summed E-state index contributed by atoms with van der Waals surface area (Å²) in [6, 6.07) is 7.56. The Hall–Kier alpha value is -2.74. The quantitative estimate of drug-likeness (QED) is 0.671. The van der Waals surface area contributed by atoms with Crippen molar-refractivity contribution in [2.24, 2.45) is 5.92 Å². The molecule has 27 heavy (non-hydrogen) atoms. The van der Waals surface area contributed by atoms with Gasteiger partial charge in [0.15, 0.2) is 5.13 Å². The average molecular weight is 385 g/mol. The van der Waals surface area contributed by atoms with Crippen molar-refractivity contribution in [3.05, 3.63) is 34.8 Å². The lowest BCUT2D eigenvalue weighted by molar-refractivity contribution is -0.116. The van der Waals surface area contributed by atoms with Crippen LogP contribution < -0.4 is 10.2 Å². The van der Waals surface area contributed by atoms with Gasteiger partial charge < -0.3 is 4.98 Å². The number of nitrogens with zero attached hydrogens (tertiary/aromatic N) is 3. The van der Waals surface area contributed by atoms with Crippen LogP contribution in [0.5, 0.6) is 0 Å². The first-order chi connectivity index (χ1) is 12.8. The number of hydrogen-bond donors (Lipinski definition) is 2. The van der Waals surface area contributed by atoms with E-state index in [9.17, 15) is 9.59 Å². The molecule has 0 fully saturated rings. The molecular weight excluding hydrogens is 362 g/mol. The van der Waals surface area contributed by atoms with Gasteiger partial charge in [-0.05, 0) is 31.4 Å². The highest BCUT2D eigenvalue weighted by Crippen LogP contribution is 2.27. The van der Waals surface area contributed by atoms with Crippen LogP contribution in [0.4, 0.5) is 11.1 Å². The Morgan fingerprint density at radius 3 is 2.67 bits per heavy atom. The summed E-state index contributed by atoms with van der Waals surface area (Å²) in [7, 11) is 0. The third kappa shape index (κ3) is 4.33. The maximum Gasteiger partial charge on any atom is 0.270 e. The first-order valence-corrected chi connectivity index (χ1v) is 9.68. The Balaban J connectivity index is 1.79. The molecule has 2 N–H and O–H groups in total. The second-order valence-corrected chi connectivity index (χ2v) is 7.80. The second-order valence-electron chi connectivity index (χ2n) is 6.82. The first kappa shape index (κ1) is 19.0. The molecule has 0 atom stereocenters. The number of H-pyrrole nitrogens is 1. The van der Waals surface area contributed by atoms with Gasteiger partial charge in [-0.2, -0.15) is 0 Å². The molecule has 2 aromatic heterocycles. The molecule has 7 nitrogen and oxygen atoms in total. The largest absolute Gasteiger partial charge is 0.324 e. The van der Waals surface area contributed by atoms with Crippen molar-refractivity contribution >= 4 is 45.3 Å². The summed E-state index contributed by atoms with van der Waals surface area (Å²) in [4.78, 5) is 38.7. The predicted octanol–water partition coefficient (Wildman–Crippen LogP) is 3.98. The van der Waals surface area contributed by atoms with Crippen molar-refractivity contribution in [3.63, 3.8) is 0 Å². The number of thiazole rings is 1. The van der Waals surface area contributed by atoms with E-state index in [-0.39, 0.29) is 11.8 Å². The van der Waals surface area contributed by atoms with Crippen LogP contribution in [0.3, 0.4) is 0 Å². The highest BCUT2D eigenvalue weighted by atomic mass is 32.1. The number of anilines is 2. The van der Waals surface area contributed by atoms with Crippen LogP contribution in [0.25, 0.3) is 11.0 Å². The van der Waals surface area contributed by atoms with Crippen molar-refractivity contribution in [2.75, 3.05) is 16.8 Å². The topological polar surface area (TPSA) is 91.0 Å². The summed E-state index contributed by atoms with van der Waals surface area (Å²) < 4.78 is 0. The number of aryl methyl sites for hydroxylation is 1. The lowest BCUT2D eigenvalue weighted by atomic mass is 10.1. The number of rotatable bonds is 6. The molecule has 0 unspecified atom stereocenters. The molecule has 0 spiro atoms. The number of carbonyl (C=O) groups excluding carboxylic acids is 2. The number of fused-ring (bicyclic) bond motifs is 1. The molecule has 1 aromatic carbocycles. The summed E-state index contributed by atoms with van der Waals surface area (Å²) >= 11 is 1.22. The fourth-order valence-electron chi connectivity index (χ4n) is 2.66. The van der Waals surface area contributed by atoms with Crippen molar-refractivity contribution < 1.29 is 9.59 Å². The lowest BCUT2D eigenvalue weighted by Gasteiger charge is -2.18. The van der Waals surface area contributed by atoms with Gasteiger partial charge in [0.25, 0.3) is 5.91 Å². The molecule has 0 aliphatic rings. The highest BCUT2D eigenvalue weighted by molar-refractivity contribution is 7.17. The second kappa shape index (κ2) is 7.87. The number of carbonyl (C=O) groups is 2. The number of amides is 2. The van der Waals surface area contributed by atoms with E-state index in [1.165, 1.54) is 18.3 Å². The number of imidazole rings is 1. The molecular formula is C19H23N5O2S. The first-order valence-electron chi connectivity index (χ1n) is 8.86. The highest BCUT2D eigenvalue weighted by Gasteiger charge is 2.22. The zero-order valence-corrected chi connectivity index (χ0v) is 16.7. The smallest absolute Gasteiger partial charge is 0.270 e. The van der Waals surface area contributed by atoms with Crippen LogP contribution in [-0.2, 0) is 4.79 Å². The summed E-state index contributed by atoms with van der Waals surface area (Å²) in [6.45, 7) is 8.10. The molecule has 0 aliphatic carbocycles. The van der Waals surface area contributed by atoms with E-state index in [0.717, 1.165) is 17.5 Å². The Kier molecular flexibility index (Phi) is 5.55. The number of hydrogen-bond acceptors (Lipinski definition) is 5. The van der Waals surface area contributed by atoms with Crippen LogP contribution in [0.2, 0.25) is 0 Å². The van der Waals surface area contributed by atoms with Gasteiger partial charge >= 0.3 is 0 Å². The molecule has 8 heteroatoms. The van der Waals surface area contributed by atoms with Gasteiger partial charge in [0.05, 0.1) is 16.7 Å². The predicted molar refractivity (Wildman–Crippen MR) is 108 cm³/mol. The summed E-state index contributed by atoms with van der Waals surface area (Å²) in [5, 5.41) is 3.33. The van der Waals surface area contributed by atoms with Gasteiger partial charge in [-0.15, -0.1) is 0 Å². The van der Waals surface area contributed by atoms with Crippen LogP contribution >= 0.6 is 11.3 Å². The average Bonchev–Trinajstić information content (AvgIpc) is 3.17. The van der Waals surface area contributed by atoms with Gasteiger partial charge in [-0.3, -0.25) is 19.8 Å². The zero-order valence-electron chi connectivity index (χ0n) is 15.9. The molecule has 0 bridgehead atoms. The van der Waals surface area contributed by atoms with Gasteiger partial charge in [-0.25, -0.2) is 9.97 Å². The summed E-state index contributed by atoms with van der Waals surface area (Å²) in [5.74, 6) is 0.499. The number of aromatic nitrogens is 3.